The van der Waals surface area contributed by atoms with Gasteiger partial charge in [0.1, 0.15) is 6.54 Å². The van der Waals surface area contributed by atoms with Gasteiger partial charge in [-0.05, 0) is 25.0 Å². The summed E-state index contributed by atoms with van der Waals surface area (Å²) in [6.45, 7) is 1.15. The number of amides is 1. The lowest BCUT2D eigenvalue weighted by Crippen LogP contribution is -2.35. The molecule has 1 aromatic heterocycles. The highest BCUT2D eigenvalue weighted by Gasteiger charge is 2.28. The van der Waals surface area contributed by atoms with Gasteiger partial charge in [0.25, 0.3) is 10.0 Å². The standard InChI is InChI=1S/C17H20N4O5S/c22-16(19-13-4-5-14-15(8-13)26-12-25-14)9-20-10-17(18-11-20)27(23,24)21-6-2-1-3-7-21/h4-5,8,10-11H,1-3,6-7,9,12H2,(H,19,22). The molecule has 0 aliphatic carbocycles. The Labute approximate surface area is 156 Å². The fourth-order valence-corrected chi connectivity index (χ4v) is 4.59. The molecule has 0 bridgehead atoms. The number of ether oxygens (including phenoxy) is 2. The van der Waals surface area contributed by atoms with E-state index in [1.807, 2.05) is 0 Å². The number of hydrogen-bond donors (Lipinski definition) is 1. The van der Waals surface area contributed by atoms with Crippen molar-refractivity contribution in [1.82, 2.24) is 13.9 Å². The van der Waals surface area contributed by atoms with Crippen LogP contribution in [0.5, 0.6) is 11.5 Å². The number of nitrogens with zero attached hydrogens (tertiary/aromatic N) is 3. The Hall–Kier alpha value is -2.59. The topological polar surface area (TPSA) is 103 Å². The first-order valence-corrected chi connectivity index (χ1v) is 10.2. The van der Waals surface area contributed by atoms with Crippen molar-refractivity contribution in [2.24, 2.45) is 0 Å². The largest absolute Gasteiger partial charge is 0.454 e. The molecule has 10 heteroatoms. The highest BCUT2D eigenvalue weighted by Crippen LogP contribution is 2.34. The van der Waals surface area contributed by atoms with Crippen LogP contribution in [0.15, 0.2) is 35.7 Å². The molecule has 0 unspecified atom stereocenters. The molecule has 27 heavy (non-hydrogen) atoms. The van der Waals surface area contributed by atoms with Crippen molar-refractivity contribution in [3.05, 3.63) is 30.7 Å². The lowest BCUT2D eigenvalue weighted by Gasteiger charge is -2.24. The van der Waals surface area contributed by atoms with Crippen LogP contribution in [0.1, 0.15) is 19.3 Å². The molecule has 0 saturated carbocycles. The number of piperidine rings is 1. The van der Waals surface area contributed by atoms with E-state index in [1.165, 1.54) is 21.4 Å². The number of aromatic nitrogens is 2. The molecule has 2 aromatic rings. The zero-order valence-electron chi connectivity index (χ0n) is 14.6. The van der Waals surface area contributed by atoms with Crippen LogP contribution >= 0.6 is 0 Å². The Morgan fingerprint density at radius 2 is 1.93 bits per heavy atom. The van der Waals surface area contributed by atoms with Gasteiger partial charge in [-0.3, -0.25) is 4.79 Å². The summed E-state index contributed by atoms with van der Waals surface area (Å²) in [6, 6.07) is 5.12. The highest BCUT2D eigenvalue weighted by molar-refractivity contribution is 7.89. The number of fused-ring (bicyclic) bond motifs is 1. The van der Waals surface area contributed by atoms with Gasteiger partial charge in [-0.1, -0.05) is 6.42 Å². The molecule has 0 radical (unpaired) electrons. The molecule has 0 atom stereocenters. The molecule has 4 rings (SSSR count). The van der Waals surface area contributed by atoms with E-state index in [2.05, 4.69) is 10.3 Å². The van der Waals surface area contributed by atoms with Crippen molar-refractivity contribution in [3.8, 4) is 11.5 Å². The summed E-state index contributed by atoms with van der Waals surface area (Å²) in [4.78, 5) is 16.2. The minimum atomic E-state index is -3.60. The van der Waals surface area contributed by atoms with Gasteiger partial charge in [-0.2, -0.15) is 4.31 Å². The van der Waals surface area contributed by atoms with Crippen molar-refractivity contribution >= 4 is 21.6 Å². The van der Waals surface area contributed by atoms with Crippen molar-refractivity contribution in [2.45, 2.75) is 30.8 Å². The number of nitrogens with one attached hydrogen (secondary N) is 1. The van der Waals surface area contributed by atoms with E-state index in [-0.39, 0.29) is 24.3 Å². The third kappa shape index (κ3) is 3.76. The molecule has 3 heterocycles. The highest BCUT2D eigenvalue weighted by atomic mass is 32.2. The molecule has 1 fully saturated rings. The smallest absolute Gasteiger partial charge is 0.262 e. The molecule has 1 amide bonds. The number of carbonyl (C=O) groups is 1. The van der Waals surface area contributed by atoms with Crippen LogP contribution in [-0.2, 0) is 21.4 Å². The Kier molecular flexibility index (Phi) is 4.75. The molecular weight excluding hydrogens is 372 g/mol. The SMILES string of the molecule is O=C(Cn1cnc(S(=O)(=O)N2CCCCC2)c1)Nc1ccc2c(c1)OCO2. The lowest BCUT2D eigenvalue weighted by atomic mass is 10.2. The van der Waals surface area contributed by atoms with Crippen molar-refractivity contribution in [2.75, 3.05) is 25.2 Å². The summed E-state index contributed by atoms with van der Waals surface area (Å²) in [7, 11) is -3.60. The van der Waals surface area contributed by atoms with Crippen LogP contribution in [-0.4, -0.2) is 48.1 Å². The average molecular weight is 392 g/mol. The molecule has 1 N–H and O–H groups in total. The molecule has 0 spiro atoms. The number of imidazole rings is 1. The number of benzene rings is 1. The Bertz CT molecular complexity index is 950. The van der Waals surface area contributed by atoms with Crippen molar-refractivity contribution < 1.29 is 22.7 Å². The van der Waals surface area contributed by atoms with Gasteiger partial charge in [0.05, 0.1) is 6.33 Å². The first-order valence-electron chi connectivity index (χ1n) is 8.74. The Morgan fingerprint density at radius 1 is 1.15 bits per heavy atom. The first kappa shape index (κ1) is 17.8. The normalized spacial score (nSPS) is 17.0. The Balaban J connectivity index is 1.40. The first-order chi connectivity index (χ1) is 13.0. The summed E-state index contributed by atoms with van der Waals surface area (Å²) >= 11 is 0. The minimum Gasteiger partial charge on any atom is -0.454 e. The zero-order chi connectivity index (χ0) is 18.9. The maximum absolute atomic E-state index is 12.6. The van der Waals surface area contributed by atoms with E-state index < -0.39 is 10.0 Å². The molecule has 2 aliphatic rings. The van der Waals surface area contributed by atoms with E-state index in [4.69, 9.17) is 9.47 Å². The van der Waals surface area contributed by atoms with E-state index in [1.54, 1.807) is 18.2 Å². The molecule has 2 aliphatic heterocycles. The maximum atomic E-state index is 12.6. The van der Waals surface area contributed by atoms with Crippen LogP contribution in [0.4, 0.5) is 5.69 Å². The van der Waals surface area contributed by atoms with Gasteiger partial charge in [0, 0.05) is 31.0 Å². The van der Waals surface area contributed by atoms with Gasteiger partial charge in [0.2, 0.25) is 12.7 Å². The summed E-state index contributed by atoms with van der Waals surface area (Å²) in [5, 5.41) is 2.72. The van der Waals surface area contributed by atoms with Gasteiger partial charge in [-0.25, -0.2) is 13.4 Å². The Morgan fingerprint density at radius 3 is 2.74 bits per heavy atom. The number of carbonyl (C=O) groups excluding carboxylic acids is 1. The minimum absolute atomic E-state index is 0.0275. The second-order valence-corrected chi connectivity index (χ2v) is 8.35. The lowest BCUT2D eigenvalue weighted by molar-refractivity contribution is -0.116. The average Bonchev–Trinajstić information content (AvgIpc) is 3.31. The predicted molar refractivity (Wildman–Crippen MR) is 96.0 cm³/mol. The van der Waals surface area contributed by atoms with Gasteiger partial charge in [-0.15, -0.1) is 0 Å². The van der Waals surface area contributed by atoms with E-state index >= 15 is 0 Å². The van der Waals surface area contributed by atoms with Crippen LogP contribution in [0.3, 0.4) is 0 Å². The molecule has 9 nitrogen and oxygen atoms in total. The van der Waals surface area contributed by atoms with Crippen LogP contribution < -0.4 is 14.8 Å². The van der Waals surface area contributed by atoms with E-state index in [9.17, 15) is 13.2 Å². The fourth-order valence-electron chi connectivity index (χ4n) is 3.14. The quantitative estimate of drug-likeness (QED) is 0.826. The van der Waals surface area contributed by atoms with E-state index in [0.717, 1.165) is 19.3 Å². The van der Waals surface area contributed by atoms with Crippen LogP contribution in [0.2, 0.25) is 0 Å². The molecule has 144 valence electrons. The summed E-state index contributed by atoms with van der Waals surface area (Å²) < 4.78 is 38.6. The zero-order valence-corrected chi connectivity index (χ0v) is 15.4. The number of sulfonamides is 1. The molecular formula is C17H20N4O5S. The third-order valence-corrected chi connectivity index (χ3v) is 6.30. The van der Waals surface area contributed by atoms with E-state index in [0.29, 0.717) is 30.3 Å². The van der Waals surface area contributed by atoms with Crippen molar-refractivity contribution in [1.29, 1.82) is 0 Å². The summed E-state index contributed by atoms with van der Waals surface area (Å²) in [5.41, 5.74) is 0.575. The molecule has 1 aromatic carbocycles. The summed E-state index contributed by atoms with van der Waals surface area (Å²) in [6.07, 6.45) is 5.51. The predicted octanol–water partition coefficient (Wildman–Crippen LogP) is 1.43. The second kappa shape index (κ2) is 7.20. The fraction of sp³-hybridized carbons (Fsp3) is 0.412. The van der Waals surface area contributed by atoms with Crippen molar-refractivity contribution in [3.63, 3.8) is 0 Å². The van der Waals surface area contributed by atoms with Crippen LogP contribution in [0.25, 0.3) is 0 Å². The van der Waals surface area contributed by atoms with Gasteiger partial charge >= 0.3 is 0 Å². The third-order valence-electron chi connectivity index (χ3n) is 4.51. The maximum Gasteiger partial charge on any atom is 0.262 e. The van der Waals surface area contributed by atoms with Gasteiger partial charge in [0.15, 0.2) is 16.5 Å². The second-order valence-electron chi connectivity index (χ2n) is 6.47. The monoisotopic (exact) mass is 392 g/mol. The number of rotatable bonds is 5. The molecule has 1 saturated heterocycles. The number of hydrogen-bond acceptors (Lipinski definition) is 6. The van der Waals surface area contributed by atoms with Crippen LogP contribution in [0, 0.1) is 0 Å². The van der Waals surface area contributed by atoms with Gasteiger partial charge < -0.3 is 19.4 Å². The number of anilines is 1. The summed E-state index contributed by atoms with van der Waals surface area (Å²) in [5.74, 6) is 0.911.